The highest BCUT2D eigenvalue weighted by Gasteiger charge is 2.15. The van der Waals surface area contributed by atoms with Gasteiger partial charge in [0.1, 0.15) is 11.4 Å². The van der Waals surface area contributed by atoms with Crippen LogP contribution in [0.25, 0.3) is 0 Å². The predicted octanol–water partition coefficient (Wildman–Crippen LogP) is 3.48. The van der Waals surface area contributed by atoms with Gasteiger partial charge < -0.3 is 15.4 Å². The predicted molar refractivity (Wildman–Crippen MR) is 82.0 cm³/mol. The number of rotatable bonds is 6. The lowest BCUT2D eigenvalue weighted by atomic mass is 10.2. The lowest BCUT2D eigenvalue weighted by Crippen LogP contribution is -2.33. The van der Waals surface area contributed by atoms with E-state index < -0.39 is 11.7 Å². The van der Waals surface area contributed by atoms with Crippen molar-refractivity contribution in [2.24, 2.45) is 0 Å². The fourth-order valence-electron chi connectivity index (χ4n) is 1.63. The first-order valence-corrected chi connectivity index (χ1v) is 7.28. The van der Waals surface area contributed by atoms with Crippen molar-refractivity contribution in [1.82, 2.24) is 10.6 Å². The van der Waals surface area contributed by atoms with Crippen molar-refractivity contribution in [2.45, 2.75) is 39.3 Å². The lowest BCUT2D eigenvalue weighted by molar-refractivity contribution is 0.0527. The van der Waals surface area contributed by atoms with Crippen molar-refractivity contribution < 1.29 is 13.9 Å². The van der Waals surface area contributed by atoms with E-state index in [1.807, 2.05) is 20.8 Å². The summed E-state index contributed by atoms with van der Waals surface area (Å²) in [4.78, 5) is 11.4. The Balaban J connectivity index is 2.17. The van der Waals surface area contributed by atoms with Crippen LogP contribution in [0.2, 0.25) is 5.02 Å². The quantitative estimate of drug-likeness (QED) is 0.790. The number of amides is 1. The van der Waals surface area contributed by atoms with Crippen LogP contribution in [0, 0.1) is 5.82 Å². The number of nitrogens with one attached hydrogen (secondary N) is 2. The number of alkyl carbamates (subject to hydrolysis) is 1. The van der Waals surface area contributed by atoms with Gasteiger partial charge in [-0.1, -0.05) is 17.7 Å². The van der Waals surface area contributed by atoms with Crippen molar-refractivity contribution in [2.75, 3.05) is 13.1 Å². The van der Waals surface area contributed by atoms with E-state index in [4.69, 9.17) is 16.3 Å². The Morgan fingerprint density at radius 3 is 2.67 bits per heavy atom. The zero-order valence-corrected chi connectivity index (χ0v) is 13.4. The van der Waals surface area contributed by atoms with Gasteiger partial charge in [-0.25, -0.2) is 9.18 Å². The highest BCUT2D eigenvalue weighted by atomic mass is 35.5. The van der Waals surface area contributed by atoms with Gasteiger partial charge in [0, 0.05) is 23.7 Å². The molecule has 1 rings (SSSR count). The van der Waals surface area contributed by atoms with Gasteiger partial charge in [-0.15, -0.1) is 0 Å². The Kier molecular flexibility index (Phi) is 6.92. The van der Waals surface area contributed by atoms with Gasteiger partial charge in [-0.2, -0.15) is 0 Å². The normalized spacial score (nSPS) is 11.3. The maximum atomic E-state index is 13.5. The molecule has 0 atom stereocenters. The molecule has 0 bridgehead atoms. The van der Waals surface area contributed by atoms with Crippen molar-refractivity contribution in [3.63, 3.8) is 0 Å². The van der Waals surface area contributed by atoms with E-state index in [1.165, 1.54) is 6.07 Å². The average Bonchev–Trinajstić information content (AvgIpc) is 2.34. The van der Waals surface area contributed by atoms with Gasteiger partial charge >= 0.3 is 6.09 Å². The Hall–Kier alpha value is -1.33. The number of hydrogen-bond donors (Lipinski definition) is 2. The van der Waals surface area contributed by atoms with Gasteiger partial charge in [-0.3, -0.25) is 0 Å². The summed E-state index contributed by atoms with van der Waals surface area (Å²) < 4.78 is 18.6. The van der Waals surface area contributed by atoms with Crippen LogP contribution in [0.3, 0.4) is 0 Å². The first kappa shape index (κ1) is 17.7. The van der Waals surface area contributed by atoms with Gasteiger partial charge in [0.25, 0.3) is 0 Å². The van der Waals surface area contributed by atoms with E-state index in [0.717, 1.165) is 0 Å². The fourth-order valence-corrected chi connectivity index (χ4v) is 1.86. The standard InChI is InChI=1S/C15H22ClFN2O2/c1-15(2,3)21-14(20)19-9-5-8-18-10-11-12(16)6-4-7-13(11)17/h4,6-7,18H,5,8-10H2,1-3H3,(H,19,20). The summed E-state index contributed by atoms with van der Waals surface area (Å²) in [5.74, 6) is -0.318. The minimum Gasteiger partial charge on any atom is -0.444 e. The van der Waals surface area contributed by atoms with Crippen LogP contribution < -0.4 is 10.6 Å². The average molecular weight is 317 g/mol. The second kappa shape index (κ2) is 8.20. The third-order valence-corrected chi connectivity index (χ3v) is 2.92. The Morgan fingerprint density at radius 1 is 1.33 bits per heavy atom. The molecule has 1 aromatic rings. The third-order valence-electron chi connectivity index (χ3n) is 2.56. The third kappa shape index (κ3) is 7.29. The zero-order valence-electron chi connectivity index (χ0n) is 12.6. The molecular weight excluding hydrogens is 295 g/mol. The second-order valence-corrected chi connectivity index (χ2v) is 6.07. The molecule has 0 fully saturated rings. The van der Waals surface area contributed by atoms with E-state index in [2.05, 4.69) is 10.6 Å². The fraction of sp³-hybridized carbons (Fsp3) is 0.533. The largest absolute Gasteiger partial charge is 0.444 e. The van der Waals surface area contributed by atoms with E-state index in [9.17, 15) is 9.18 Å². The number of carbonyl (C=O) groups is 1. The maximum absolute atomic E-state index is 13.5. The summed E-state index contributed by atoms with van der Waals surface area (Å²) in [6.45, 7) is 6.93. The van der Waals surface area contributed by atoms with Crippen LogP contribution in [-0.2, 0) is 11.3 Å². The molecule has 21 heavy (non-hydrogen) atoms. The summed E-state index contributed by atoms with van der Waals surface area (Å²) in [5, 5.41) is 6.16. The molecule has 0 saturated carbocycles. The summed E-state index contributed by atoms with van der Waals surface area (Å²) >= 11 is 5.92. The lowest BCUT2D eigenvalue weighted by Gasteiger charge is -2.19. The van der Waals surface area contributed by atoms with E-state index in [0.29, 0.717) is 36.6 Å². The molecule has 0 aromatic heterocycles. The monoisotopic (exact) mass is 316 g/mol. The highest BCUT2D eigenvalue weighted by Crippen LogP contribution is 2.18. The van der Waals surface area contributed by atoms with Gasteiger partial charge in [0.05, 0.1) is 0 Å². The number of benzene rings is 1. The molecule has 2 N–H and O–H groups in total. The van der Waals surface area contributed by atoms with E-state index in [-0.39, 0.29) is 5.82 Å². The Morgan fingerprint density at radius 2 is 2.05 bits per heavy atom. The first-order valence-electron chi connectivity index (χ1n) is 6.90. The molecule has 0 aliphatic heterocycles. The summed E-state index contributed by atoms with van der Waals surface area (Å²) in [7, 11) is 0. The molecule has 4 nitrogen and oxygen atoms in total. The molecule has 0 aliphatic carbocycles. The summed E-state index contributed by atoms with van der Waals surface area (Å²) in [5.41, 5.74) is -0.0385. The maximum Gasteiger partial charge on any atom is 0.407 e. The first-order chi connectivity index (χ1) is 9.79. The van der Waals surface area contributed by atoms with E-state index in [1.54, 1.807) is 12.1 Å². The van der Waals surface area contributed by atoms with Gasteiger partial charge in [-0.05, 0) is 45.9 Å². The molecular formula is C15H22ClFN2O2. The van der Waals surface area contributed by atoms with Crippen LogP contribution in [0.4, 0.5) is 9.18 Å². The van der Waals surface area contributed by atoms with Crippen molar-refractivity contribution in [3.05, 3.63) is 34.6 Å². The molecule has 0 heterocycles. The minimum absolute atomic E-state index is 0.318. The SMILES string of the molecule is CC(C)(C)OC(=O)NCCCNCc1c(F)cccc1Cl. The summed E-state index contributed by atoms with van der Waals surface area (Å²) in [6.07, 6.45) is 0.283. The Bertz CT molecular complexity index is 455. The molecule has 0 saturated heterocycles. The molecule has 0 radical (unpaired) electrons. The van der Waals surface area contributed by atoms with E-state index >= 15 is 0 Å². The van der Waals surface area contributed by atoms with Gasteiger partial charge in [0.2, 0.25) is 0 Å². The Labute approximate surface area is 130 Å². The highest BCUT2D eigenvalue weighted by molar-refractivity contribution is 6.31. The molecule has 1 aromatic carbocycles. The van der Waals surface area contributed by atoms with Crippen molar-refractivity contribution in [1.29, 1.82) is 0 Å². The summed E-state index contributed by atoms with van der Waals surface area (Å²) in [6, 6.07) is 4.62. The molecule has 1 amide bonds. The molecule has 0 spiro atoms. The van der Waals surface area contributed by atoms with Crippen molar-refractivity contribution in [3.8, 4) is 0 Å². The van der Waals surface area contributed by atoms with Crippen LogP contribution in [0.5, 0.6) is 0 Å². The number of halogens is 2. The van der Waals surface area contributed by atoms with Crippen LogP contribution >= 0.6 is 11.6 Å². The minimum atomic E-state index is -0.496. The number of carbonyl (C=O) groups excluding carboxylic acids is 1. The molecule has 6 heteroatoms. The number of ether oxygens (including phenoxy) is 1. The van der Waals surface area contributed by atoms with Crippen LogP contribution in [0.1, 0.15) is 32.8 Å². The smallest absolute Gasteiger partial charge is 0.407 e. The molecule has 118 valence electrons. The topological polar surface area (TPSA) is 50.4 Å². The zero-order chi connectivity index (χ0) is 15.9. The molecule has 0 aliphatic rings. The van der Waals surface area contributed by atoms with Crippen LogP contribution in [-0.4, -0.2) is 24.8 Å². The number of hydrogen-bond acceptors (Lipinski definition) is 3. The molecule has 0 unspecified atom stereocenters. The van der Waals surface area contributed by atoms with Gasteiger partial charge in [0.15, 0.2) is 0 Å². The van der Waals surface area contributed by atoms with Crippen molar-refractivity contribution >= 4 is 17.7 Å². The van der Waals surface area contributed by atoms with Crippen LogP contribution in [0.15, 0.2) is 18.2 Å². The second-order valence-electron chi connectivity index (χ2n) is 5.66.